The second-order valence-corrected chi connectivity index (χ2v) is 7.07. The number of anilines is 1. The molecule has 27 heavy (non-hydrogen) atoms. The molecule has 0 spiro atoms. The smallest absolute Gasteiger partial charge is 0.269 e. The molecule has 0 aliphatic carbocycles. The SMILES string of the molecule is CC(C)CN(CC(=O)Nc1nccs1)C(=O)C=Cc1ccc([N+](=O)[O-])cc1. The molecule has 0 aliphatic rings. The largest absolute Gasteiger partial charge is 0.330 e. The molecule has 8 nitrogen and oxygen atoms in total. The van der Waals surface area contributed by atoms with E-state index in [2.05, 4.69) is 10.3 Å². The number of nitrogens with zero attached hydrogens (tertiary/aromatic N) is 3. The molecular formula is C18H20N4O4S. The van der Waals surface area contributed by atoms with Crippen LogP contribution in [0.3, 0.4) is 0 Å². The number of amides is 2. The van der Waals surface area contributed by atoms with Gasteiger partial charge in [-0.3, -0.25) is 19.7 Å². The normalized spacial score (nSPS) is 10.9. The first-order chi connectivity index (χ1) is 12.8. The number of hydrogen-bond donors (Lipinski definition) is 1. The van der Waals surface area contributed by atoms with Gasteiger partial charge in [-0.1, -0.05) is 13.8 Å². The maximum Gasteiger partial charge on any atom is 0.269 e. The highest BCUT2D eigenvalue weighted by molar-refractivity contribution is 7.13. The van der Waals surface area contributed by atoms with Crippen LogP contribution < -0.4 is 5.32 Å². The topological polar surface area (TPSA) is 105 Å². The number of nitro benzene ring substituents is 1. The lowest BCUT2D eigenvalue weighted by molar-refractivity contribution is -0.384. The fourth-order valence-electron chi connectivity index (χ4n) is 2.27. The molecular weight excluding hydrogens is 368 g/mol. The van der Waals surface area contributed by atoms with E-state index in [0.717, 1.165) is 0 Å². The molecule has 0 bridgehead atoms. The highest BCUT2D eigenvalue weighted by Crippen LogP contribution is 2.13. The molecule has 142 valence electrons. The van der Waals surface area contributed by atoms with E-state index in [0.29, 0.717) is 17.2 Å². The molecule has 1 aromatic heterocycles. The maximum absolute atomic E-state index is 12.5. The van der Waals surface area contributed by atoms with Crippen molar-refractivity contribution in [2.24, 2.45) is 5.92 Å². The van der Waals surface area contributed by atoms with Crippen molar-refractivity contribution in [3.8, 4) is 0 Å². The number of thiazole rings is 1. The van der Waals surface area contributed by atoms with Crippen LogP contribution in [0.4, 0.5) is 10.8 Å². The second-order valence-electron chi connectivity index (χ2n) is 6.18. The predicted octanol–water partition coefficient (Wildman–Crippen LogP) is 3.19. The Morgan fingerprint density at radius 3 is 2.59 bits per heavy atom. The van der Waals surface area contributed by atoms with Crippen LogP contribution in [0.2, 0.25) is 0 Å². The number of rotatable bonds is 8. The lowest BCUT2D eigenvalue weighted by Crippen LogP contribution is -2.39. The summed E-state index contributed by atoms with van der Waals surface area (Å²) in [5, 5.41) is 15.6. The number of hydrogen-bond acceptors (Lipinski definition) is 6. The molecule has 0 saturated carbocycles. The second kappa shape index (κ2) is 9.58. The van der Waals surface area contributed by atoms with Crippen LogP contribution in [-0.2, 0) is 9.59 Å². The maximum atomic E-state index is 12.5. The standard InChI is InChI=1S/C18H20N4O4S/c1-13(2)11-21(12-16(23)20-18-19-9-10-27-18)17(24)8-5-14-3-6-15(7-4-14)22(25)26/h3-10,13H,11-12H2,1-2H3,(H,19,20,23). The number of non-ortho nitro benzene ring substituents is 1. The number of nitro groups is 1. The molecule has 2 rings (SSSR count). The third-order valence-electron chi connectivity index (χ3n) is 3.43. The van der Waals surface area contributed by atoms with Gasteiger partial charge >= 0.3 is 0 Å². The Labute approximate surface area is 160 Å². The Hall–Kier alpha value is -3.07. The highest BCUT2D eigenvalue weighted by atomic mass is 32.1. The summed E-state index contributed by atoms with van der Waals surface area (Å²) in [6, 6.07) is 5.86. The summed E-state index contributed by atoms with van der Waals surface area (Å²) < 4.78 is 0. The number of nitrogens with one attached hydrogen (secondary N) is 1. The van der Waals surface area contributed by atoms with Gasteiger partial charge in [0.15, 0.2) is 5.13 Å². The van der Waals surface area contributed by atoms with E-state index in [1.54, 1.807) is 29.8 Å². The number of carbonyl (C=O) groups excluding carboxylic acids is 2. The average Bonchev–Trinajstić information content (AvgIpc) is 3.11. The van der Waals surface area contributed by atoms with Gasteiger partial charge in [-0.05, 0) is 29.7 Å². The van der Waals surface area contributed by atoms with Crippen molar-refractivity contribution in [3.05, 3.63) is 57.6 Å². The summed E-state index contributed by atoms with van der Waals surface area (Å²) in [6.07, 6.45) is 4.52. The Balaban J connectivity index is 2.02. The Kier molecular flexibility index (Phi) is 7.18. The summed E-state index contributed by atoms with van der Waals surface area (Å²) in [7, 11) is 0. The minimum absolute atomic E-state index is 0.0150. The Morgan fingerprint density at radius 1 is 1.33 bits per heavy atom. The van der Waals surface area contributed by atoms with E-state index in [9.17, 15) is 19.7 Å². The van der Waals surface area contributed by atoms with Crippen LogP contribution in [0.5, 0.6) is 0 Å². The zero-order valence-corrected chi connectivity index (χ0v) is 15.8. The van der Waals surface area contributed by atoms with E-state index in [-0.39, 0.29) is 30.0 Å². The zero-order chi connectivity index (χ0) is 19.8. The molecule has 1 N–H and O–H groups in total. The van der Waals surface area contributed by atoms with Gasteiger partial charge in [-0.2, -0.15) is 0 Å². The molecule has 2 amide bonds. The first kappa shape index (κ1) is 20.2. The van der Waals surface area contributed by atoms with E-state index in [1.165, 1.54) is 34.4 Å². The Morgan fingerprint density at radius 2 is 2.04 bits per heavy atom. The molecule has 2 aromatic rings. The summed E-state index contributed by atoms with van der Waals surface area (Å²) in [5.41, 5.74) is 0.643. The summed E-state index contributed by atoms with van der Waals surface area (Å²) in [6.45, 7) is 4.26. The molecule has 0 unspecified atom stereocenters. The third-order valence-corrected chi connectivity index (χ3v) is 4.12. The first-order valence-corrected chi connectivity index (χ1v) is 9.14. The van der Waals surface area contributed by atoms with Crippen molar-refractivity contribution in [2.75, 3.05) is 18.4 Å². The molecule has 0 fully saturated rings. The van der Waals surface area contributed by atoms with E-state index >= 15 is 0 Å². The zero-order valence-electron chi connectivity index (χ0n) is 15.0. The fourth-order valence-corrected chi connectivity index (χ4v) is 2.82. The van der Waals surface area contributed by atoms with E-state index < -0.39 is 4.92 Å². The lowest BCUT2D eigenvalue weighted by Gasteiger charge is -2.22. The molecule has 9 heteroatoms. The summed E-state index contributed by atoms with van der Waals surface area (Å²) >= 11 is 1.30. The number of benzene rings is 1. The van der Waals surface area contributed by atoms with Crippen molar-refractivity contribution in [2.45, 2.75) is 13.8 Å². The summed E-state index contributed by atoms with van der Waals surface area (Å²) in [4.78, 5) is 40.3. The quantitative estimate of drug-likeness (QED) is 0.425. The highest BCUT2D eigenvalue weighted by Gasteiger charge is 2.17. The van der Waals surface area contributed by atoms with Gasteiger partial charge < -0.3 is 10.2 Å². The number of aromatic nitrogens is 1. The van der Waals surface area contributed by atoms with E-state index in [4.69, 9.17) is 0 Å². The minimum Gasteiger partial charge on any atom is -0.330 e. The van der Waals surface area contributed by atoms with E-state index in [1.807, 2.05) is 13.8 Å². The lowest BCUT2D eigenvalue weighted by atomic mass is 10.1. The molecule has 0 aliphatic heterocycles. The van der Waals surface area contributed by atoms with Crippen molar-refractivity contribution < 1.29 is 14.5 Å². The third kappa shape index (κ3) is 6.63. The van der Waals surface area contributed by atoms with Crippen molar-refractivity contribution in [1.82, 2.24) is 9.88 Å². The molecule has 1 heterocycles. The van der Waals surface area contributed by atoms with Gasteiger partial charge in [0.25, 0.3) is 5.69 Å². The van der Waals surface area contributed by atoms with Crippen LogP contribution in [0.25, 0.3) is 6.08 Å². The van der Waals surface area contributed by atoms with Gasteiger partial charge in [-0.15, -0.1) is 11.3 Å². The van der Waals surface area contributed by atoms with Crippen LogP contribution in [-0.4, -0.2) is 39.7 Å². The summed E-state index contributed by atoms with van der Waals surface area (Å²) in [5.74, 6) is -0.437. The van der Waals surface area contributed by atoms with Gasteiger partial charge in [0.1, 0.15) is 6.54 Å². The van der Waals surface area contributed by atoms with Crippen LogP contribution in [0, 0.1) is 16.0 Å². The molecule has 1 aromatic carbocycles. The van der Waals surface area contributed by atoms with Gasteiger partial charge in [0, 0.05) is 36.3 Å². The molecule has 0 radical (unpaired) electrons. The molecule has 0 saturated heterocycles. The van der Waals surface area contributed by atoms with Crippen LogP contribution >= 0.6 is 11.3 Å². The van der Waals surface area contributed by atoms with Crippen molar-refractivity contribution in [1.29, 1.82) is 0 Å². The van der Waals surface area contributed by atoms with Gasteiger partial charge in [0.05, 0.1) is 4.92 Å². The van der Waals surface area contributed by atoms with Gasteiger partial charge in [0.2, 0.25) is 11.8 Å². The monoisotopic (exact) mass is 388 g/mol. The van der Waals surface area contributed by atoms with Crippen molar-refractivity contribution in [3.63, 3.8) is 0 Å². The average molecular weight is 388 g/mol. The predicted molar refractivity (Wildman–Crippen MR) is 104 cm³/mol. The first-order valence-electron chi connectivity index (χ1n) is 8.26. The van der Waals surface area contributed by atoms with Crippen LogP contribution in [0.15, 0.2) is 41.9 Å². The minimum atomic E-state index is -0.482. The number of carbonyl (C=O) groups is 2. The Bertz CT molecular complexity index is 816. The van der Waals surface area contributed by atoms with Crippen LogP contribution in [0.1, 0.15) is 19.4 Å². The van der Waals surface area contributed by atoms with Gasteiger partial charge in [-0.25, -0.2) is 4.98 Å². The fraction of sp³-hybridized carbons (Fsp3) is 0.278. The van der Waals surface area contributed by atoms with Crippen molar-refractivity contribution >= 4 is 40.0 Å². The molecule has 0 atom stereocenters.